The molecule has 3 N–H and O–H groups in total. The summed E-state index contributed by atoms with van der Waals surface area (Å²) in [5.41, 5.74) is 2.70. The fourth-order valence-electron chi connectivity index (χ4n) is 3.23. The van der Waals surface area contributed by atoms with Gasteiger partial charge in [-0.05, 0) is 54.7 Å². The van der Waals surface area contributed by atoms with Crippen LogP contribution in [0.4, 0.5) is 5.69 Å². The van der Waals surface area contributed by atoms with E-state index in [9.17, 15) is 14.7 Å². The van der Waals surface area contributed by atoms with Crippen LogP contribution in [0.15, 0.2) is 48.5 Å². The van der Waals surface area contributed by atoms with Crippen molar-refractivity contribution in [1.29, 1.82) is 0 Å². The van der Waals surface area contributed by atoms with E-state index in [1.807, 2.05) is 29.2 Å². The van der Waals surface area contributed by atoms with Gasteiger partial charge in [0.25, 0.3) is 5.91 Å². The van der Waals surface area contributed by atoms with E-state index >= 15 is 0 Å². The number of hydrogen-bond acceptors (Lipinski definition) is 4. The summed E-state index contributed by atoms with van der Waals surface area (Å²) in [5.74, 6) is -0.626. The second-order valence-corrected chi connectivity index (χ2v) is 6.85. The zero-order valence-electron chi connectivity index (χ0n) is 15.1. The van der Waals surface area contributed by atoms with Gasteiger partial charge in [0.15, 0.2) is 0 Å². The van der Waals surface area contributed by atoms with Gasteiger partial charge in [0.2, 0.25) is 0 Å². The van der Waals surface area contributed by atoms with Gasteiger partial charge >= 0.3 is 5.97 Å². The molecule has 0 aromatic heterocycles. The van der Waals surface area contributed by atoms with Crippen molar-refractivity contribution in [2.75, 3.05) is 25.0 Å². The van der Waals surface area contributed by atoms with Gasteiger partial charge in [0.1, 0.15) is 0 Å². The number of piperidine rings is 1. The van der Waals surface area contributed by atoms with E-state index in [0.29, 0.717) is 31.1 Å². The maximum Gasteiger partial charge on any atom is 0.335 e. The van der Waals surface area contributed by atoms with Crippen LogP contribution in [0.3, 0.4) is 0 Å². The van der Waals surface area contributed by atoms with Gasteiger partial charge < -0.3 is 20.4 Å². The molecule has 6 nitrogen and oxygen atoms in total. The molecule has 1 fully saturated rings. The predicted octanol–water partition coefficient (Wildman–Crippen LogP) is 2.84. The van der Waals surface area contributed by atoms with Crippen LogP contribution in [-0.2, 0) is 6.54 Å². The van der Waals surface area contributed by atoms with Gasteiger partial charge in [-0.1, -0.05) is 18.2 Å². The minimum atomic E-state index is -0.941. The molecular formula is C21H24N2O4. The SMILES string of the molecule is O=C(O)c1ccc(CNc2cccc(C(=O)N3CCC(CO)CC3)c2)cc1. The number of nitrogens with zero attached hydrogens (tertiary/aromatic N) is 1. The number of nitrogens with one attached hydrogen (secondary N) is 1. The molecule has 142 valence electrons. The zero-order chi connectivity index (χ0) is 19.2. The summed E-state index contributed by atoms with van der Waals surface area (Å²) >= 11 is 0. The molecule has 1 aliphatic heterocycles. The Morgan fingerprint density at radius 3 is 2.37 bits per heavy atom. The molecule has 1 amide bonds. The summed E-state index contributed by atoms with van der Waals surface area (Å²) in [6, 6.07) is 14.1. The molecule has 0 spiro atoms. The Morgan fingerprint density at radius 2 is 1.74 bits per heavy atom. The van der Waals surface area contributed by atoms with E-state index in [1.54, 1.807) is 24.3 Å². The number of aliphatic hydroxyl groups is 1. The lowest BCUT2D eigenvalue weighted by atomic mass is 9.97. The number of carboxylic acids is 1. The largest absolute Gasteiger partial charge is 0.478 e. The lowest BCUT2D eigenvalue weighted by molar-refractivity contribution is 0.0649. The van der Waals surface area contributed by atoms with Crippen molar-refractivity contribution in [1.82, 2.24) is 4.90 Å². The Morgan fingerprint density at radius 1 is 1.04 bits per heavy atom. The minimum Gasteiger partial charge on any atom is -0.478 e. The number of aliphatic hydroxyl groups excluding tert-OH is 1. The molecule has 3 rings (SSSR count). The van der Waals surface area contributed by atoms with E-state index in [0.717, 1.165) is 24.1 Å². The second-order valence-electron chi connectivity index (χ2n) is 6.85. The maximum absolute atomic E-state index is 12.7. The molecule has 27 heavy (non-hydrogen) atoms. The topological polar surface area (TPSA) is 89.9 Å². The Hall–Kier alpha value is -2.86. The average Bonchev–Trinajstić information content (AvgIpc) is 2.72. The smallest absolute Gasteiger partial charge is 0.335 e. The molecule has 0 radical (unpaired) electrons. The highest BCUT2D eigenvalue weighted by molar-refractivity contribution is 5.95. The first-order valence-electron chi connectivity index (χ1n) is 9.13. The van der Waals surface area contributed by atoms with E-state index in [2.05, 4.69) is 5.32 Å². The molecule has 0 saturated carbocycles. The van der Waals surface area contributed by atoms with Crippen LogP contribution in [0.25, 0.3) is 0 Å². The highest BCUT2D eigenvalue weighted by Crippen LogP contribution is 2.20. The highest BCUT2D eigenvalue weighted by atomic mass is 16.4. The van der Waals surface area contributed by atoms with Crippen LogP contribution in [0.1, 0.15) is 39.1 Å². The Kier molecular flexibility index (Phi) is 6.08. The number of carbonyl (C=O) groups excluding carboxylic acids is 1. The molecule has 0 aliphatic carbocycles. The summed E-state index contributed by atoms with van der Waals surface area (Å²) in [7, 11) is 0. The number of benzene rings is 2. The lowest BCUT2D eigenvalue weighted by Crippen LogP contribution is -2.39. The van der Waals surface area contributed by atoms with Crippen LogP contribution in [-0.4, -0.2) is 46.7 Å². The summed E-state index contributed by atoms with van der Waals surface area (Å²) in [4.78, 5) is 25.4. The van der Waals surface area contributed by atoms with Crippen LogP contribution < -0.4 is 5.32 Å². The first-order valence-corrected chi connectivity index (χ1v) is 9.13. The second kappa shape index (κ2) is 8.68. The molecule has 1 saturated heterocycles. The Balaban J connectivity index is 1.60. The van der Waals surface area contributed by atoms with Crippen molar-refractivity contribution < 1.29 is 19.8 Å². The third-order valence-corrected chi connectivity index (χ3v) is 4.97. The molecule has 2 aromatic carbocycles. The van der Waals surface area contributed by atoms with Crippen LogP contribution >= 0.6 is 0 Å². The summed E-state index contributed by atoms with van der Waals surface area (Å²) in [6.07, 6.45) is 1.68. The first kappa shape index (κ1) is 18.9. The quantitative estimate of drug-likeness (QED) is 0.729. The van der Waals surface area contributed by atoms with Crippen molar-refractivity contribution in [3.8, 4) is 0 Å². The first-order chi connectivity index (χ1) is 13.1. The fourth-order valence-corrected chi connectivity index (χ4v) is 3.23. The number of rotatable bonds is 6. The number of aromatic carboxylic acids is 1. The number of likely N-dealkylation sites (tertiary alicyclic amines) is 1. The minimum absolute atomic E-state index is 0.0147. The number of carbonyl (C=O) groups is 2. The van der Waals surface area contributed by atoms with Crippen LogP contribution in [0.2, 0.25) is 0 Å². The van der Waals surface area contributed by atoms with Crippen LogP contribution in [0, 0.1) is 5.92 Å². The standard InChI is InChI=1S/C21H24N2O4/c24-14-16-8-10-23(11-9-16)20(25)18-2-1-3-19(12-18)22-13-15-4-6-17(7-5-15)21(26)27/h1-7,12,16,22,24H,8-11,13-14H2,(H,26,27). The molecule has 0 unspecified atom stereocenters. The van der Waals surface area contributed by atoms with Gasteiger partial charge in [-0.3, -0.25) is 4.79 Å². The van der Waals surface area contributed by atoms with Crippen molar-refractivity contribution in [3.63, 3.8) is 0 Å². The van der Waals surface area contributed by atoms with Crippen molar-refractivity contribution >= 4 is 17.6 Å². The Labute approximate surface area is 158 Å². The van der Waals surface area contributed by atoms with Gasteiger partial charge in [-0.15, -0.1) is 0 Å². The van der Waals surface area contributed by atoms with Crippen LogP contribution in [0.5, 0.6) is 0 Å². The Bertz CT molecular complexity index is 796. The third kappa shape index (κ3) is 4.86. The maximum atomic E-state index is 12.7. The molecule has 2 aromatic rings. The van der Waals surface area contributed by atoms with E-state index < -0.39 is 5.97 Å². The van der Waals surface area contributed by atoms with Crippen molar-refractivity contribution in [3.05, 3.63) is 65.2 Å². The zero-order valence-corrected chi connectivity index (χ0v) is 15.1. The molecule has 1 heterocycles. The number of anilines is 1. The van der Waals surface area contributed by atoms with Gasteiger partial charge in [0, 0.05) is 37.5 Å². The van der Waals surface area contributed by atoms with E-state index in [4.69, 9.17) is 5.11 Å². The molecule has 1 aliphatic rings. The fraction of sp³-hybridized carbons (Fsp3) is 0.333. The van der Waals surface area contributed by atoms with E-state index in [-0.39, 0.29) is 18.1 Å². The molecule has 0 bridgehead atoms. The lowest BCUT2D eigenvalue weighted by Gasteiger charge is -2.31. The summed E-state index contributed by atoms with van der Waals surface area (Å²) in [6.45, 7) is 2.09. The van der Waals surface area contributed by atoms with Gasteiger partial charge in [0.05, 0.1) is 5.56 Å². The highest BCUT2D eigenvalue weighted by Gasteiger charge is 2.23. The molecule has 6 heteroatoms. The molecular weight excluding hydrogens is 344 g/mol. The number of carboxylic acid groups (broad SMARTS) is 1. The third-order valence-electron chi connectivity index (χ3n) is 4.97. The van der Waals surface area contributed by atoms with Crippen molar-refractivity contribution in [2.45, 2.75) is 19.4 Å². The summed E-state index contributed by atoms with van der Waals surface area (Å²) in [5, 5.41) is 21.4. The van der Waals surface area contributed by atoms with E-state index in [1.165, 1.54) is 0 Å². The van der Waals surface area contributed by atoms with Crippen molar-refractivity contribution in [2.24, 2.45) is 5.92 Å². The molecule has 0 atom stereocenters. The number of amides is 1. The number of hydrogen-bond donors (Lipinski definition) is 3. The average molecular weight is 368 g/mol. The predicted molar refractivity (Wildman–Crippen MR) is 103 cm³/mol. The summed E-state index contributed by atoms with van der Waals surface area (Å²) < 4.78 is 0. The normalized spacial score (nSPS) is 14.8. The monoisotopic (exact) mass is 368 g/mol. The van der Waals surface area contributed by atoms with Gasteiger partial charge in [-0.25, -0.2) is 4.79 Å². The van der Waals surface area contributed by atoms with Gasteiger partial charge in [-0.2, -0.15) is 0 Å².